The zero-order valence-electron chi connectivity index (χ0n) is 7.13. The Hall–Kier alpha value is -0.222. The van der Waals surface area contributed by atoms with Crippen molar-refractivity contribution in [3.8, 4) is 0 Å². The molecule has 1 heteroatoms. The van der Waals surface area contributed by atoms with Crippen LogP contribution in [-0.4, -0.2) is 3.90 Å². The van der Waals surface area contributed by atoms with Crippen LogP contribution in [0.5, 0.6) is 0 Å². The van der Waals surface area contributed by atoms with Crippen molar-refractivity contribution in [3.63, 3.8) is 0 Å². The molecular weight excluding hydrogens is 304 g/mol. The normalized spacial score (nSPS) is 12.0. The van der Waals surface area contributed by atoms with Crippen LogP contribution in [0.1, 0.15) is 20.3 Å². The fourth-order valence-corrected chi connectivity index (χ4v) is 1.18. The summed E-state index contributed by atoms with van der Waals surface area (Å²) in [4.78, 5) is 0. The van der Waals surface area contributed by atoms with Crippen molar-refractivity contribution in [2.45, 2.75) is 20.3 Å². The molecule has 60 valence electrons. The van der Waals surface area contributed by atoms with Gasteiger partial charge in [0.15, 0.2) is 0 Å². The molecule has 0 atom stereocenters. The molecule has 0 saturated carbocycles. The average Bonchev–Trinajstić information content (AvgIpc) is 1.97. The van der Waals surface area contributed by atoms with E-state index in [-0.39, 0.29) is 0 Å². The summed E-state index contributed by atoms with van der Waals surface area (Å²) < 4.78 is 1.39. The molecule has 0 radical (unpaired) electrons. The molecule has 0 aliphatic carbocycles. The third-order valence-corrected chi connectivity index (χ3v) is 2.12. The first-order valence-corrected chi connectivity index (χ1v) is 5.19. The Labute approximate surface area is 80.1 Å². The van der Waals surface area contributed by atoms with Crippen molar-refractivity contribution in [2.24, 2.45) is 0 Å². The van der Waals surface area contributed by atoms with E-state index in [1.54, 1.807) is 0 Å². The fourth-order valence-electron chi connectivity index (χ4n) is 0.637. The van der Waals surface area contributed by atoms with E-state index < -0.39 is 0 Å². The van der Waals surface area contributed by atoms with Crippen molar-refractivity contribution < 1.29 is 19.4 Å². The summed E-state index contributed by atoms with van der Waals surface area (Å²) in [5.74, 6) is 0. The number of rotatable bonds is 4. The summed E-state index contributed by atoms with van der Waals surface area (Å²) in [7, 11) is 0. The predicted molar refractivity (Wildman–Crippen MR) is 48.4 cm³/mol. The monoisotopic (exact) mass is 318 g/mol. The molecular formula is C10H14W. The van der Waals surface area contributed by atoms with Gasteiger partial charge in [-0.3, -0.25) is 0 Å². The molecule has 0 aliphatic heterocycles. The number of allylic oxidation sites excluding steroid dienone is 5. The molecule has 0 heterocycles. The van der Waals surface area contributed by atoms with E-state index in [0.29, 0.717) is 0 Å². The second kappa shape index (κ2) is 6.49. The Kier molecular flexibility index (Phi) is 6.36. The summed E-state index contributed by atoms with van der Waals surface area (Å²) in [6.45, 7) is 8.01. The van der Waals surface area contributed by atoms with Gasteiger partial charge in [0, 0.05) is 0 Å². The van der Waals surface area contributed by atoms with Crippen LogP contribution in [0.2, 0.25) is 0 Å². The van der Waals surface area contributed by atoms with E-state index >= 15 is 0 Å². The standard InChI is InChI=1S/C10H14.W/c1-4-7-8-9-10(5-2)6-3;/h5,7-9H,2,4H2,1,3H3;. The van der Waals surface area contributed by atoms with Gasteiger partial charge < -0.3 is 0 Å². The van der Waals surface area contributed by atoms with Crippen LogP contribution >= 0.6 is 0 Å². The molecule has 0 bridgehead atoms. The quantitative estimate of drug-likeness (QED) is 0.699. The van der Waals surface area contributed by atoms with E-state index in [1.165, 1.54) is 28.8 Å². The maximum atomic E-state index is 3.75. The predicted octanol–water partition coefficient (Wildman–Crippen LogP) is 2.80. The summed E-state index contributed by atoms with van der Waals surface area (Å²) in [6, 6.07) is 0. The average molecular weight is 318 g/mol. The minimum atomic E-state index is 1.09. The second-order valence-corrected chi connectivity index (χ2v) is 4.42. The van der Waals surface area contributed by atoms with Gasteiger partial charge >= 0.3 is 80.0 Å². The van der Waals surface area contributed by atoms with E-state index in [1.807, 2.05) is 6.08 Å². The number of hydrogen-bond donors (Lipinski definition) is 0. The maximum absolute atomic E-state index is 3.75. The summed E-state index contributed by atoms with van der Waals surface area (Å²) in [5, 5.41) is 0. The molecule has 0 nitrogen and oxygen atoms in total. The Morgan fingerprint density at radius 2 is 2.18 bits per heavy atom. The van der Waals surface area contributed by atoms with E-state index in [2.05, 4.69) is 38.7 Å². The summed E-state index contributed by atoms with van der Waals surface area (Å²) in [5.41, 5.74) is 1.25. The van der Waals surface area contributed by atoms with Crippen LogP contribution in [0.3, 0.4) is 0 Å². The molecule has 0 aromatic heterocycles. The molecule has 0 aliphatic rings. The van der Waals surface area contributed by atoms with Gasteiger partial charge in [-0.25, -0.2) is 0 Å². The fraction of sp³-hybridized carbons (Fsp3) is 0.300. The zero-order chi connectivity index (χ0) is 8.69. The second-order valence-electron chi connectivity index (χ2n) is 2.22. The zero-order valence-corrected chi connectivity index (χ0v) is 10.1. The number of hydrogen-bond acceptors (Lipinski definition) is 0. The third-order valence-electron chi connectivity index (χ3n) is 1.27. The first kappa shape index (κ1) is 10.8. The summed E-state index contributed by atoms with van der Waals surface area (Å²) >= 11 is 1.51. The van der Waals surface area contributed by atoms with Gasteiger partial charge in [-0.15, -0.1) is 0 Å². The van der Waals surface area contributed by atoms with Crippen LogP contribution in [-0.2, 0) is 19.4 Å². The van der Waals surface area contributed by atoms with Gasteiger partial charge in [0.2, 0.25) is 0 Å². The topological polar surface area (TPSA) is 0 Å². The SMILES string of the molecule is C=CC(=CC=CCC)[C](C)=[W]. The molecule has 0 unspecified atom stereocenters. The van der Waals surface area contributed by atoms with Crippen LogP contribution in [0.25, 0.3) is 0 Å². The molecule has 0 rings (SSSR count). The van der Waals surface area contributed by atoms with Crippen LogP contribution in [0.15, 0.2) is 36.5 Å². The summed E-state index contributed by atoms with van der Waals surface area (Å²) in [6.07, 6.45) is 9.34. The van der Waals surface area contributed by atoms with Crippen molar-refractivity contribution in [3.05, 3.63) is 36.5 Å². The molecule has 11 heavy (non-hydrogen) atoms. The Bertz CT molecular complexity index is 197. The van der Waals surface area contributed by atoms with Crippen LogP contribution in [0.4, 0.5) is 0 Å². The van der Waals surface area contributed by atoms with Crippen molar-refractivity contribution in [1.29, 1.82) is 0 Å². The van der Waals surface area contributed by atoms with Crippen LogP contribution < -0.4 is 0 Å². The Balaban J connectivity index is 4.24. The molecule has 0 amide bonds. The van der Waals surface area contributed by atoms with Crippen LogP contribution in [0, 0.1) is 0 Å². The molecule has 0 aromatic carbocycles. The van der Waals surface area contributed by atoms with Gasteiger partial charge in [0.05, 0.1) is 0 Å². The van der Waals surface area contributed by atoms with E-state index in [0.717, 1.165) is 6.42 Å². The molecule has 0 fully saturated rings. The first-order valence-electron chi connectivity index (χ1n) is 3.72. The van der Waals surface area contributed by atoms with Gasteiger partial charge in [-0.2, -0.15) is 0 Å². The van der Waals surface area contributed by atoms with E-state index in [4.69, 9.17) is 0 Å². The molecule has 0 saturated heterocycles. The van der Waals surface area contributed by atoms with Crippen molar-refractivity contribution >= 4 is 3.90 Å². The van der Waals surface area contributed by atoms with Crippen molar-refractivity contribution in [1.82, 2.24) is 0 Å². The van der Waals surface area contributed by atoms with E-state index in [9.17, 15) is 0 Å². The Morgan fingerprint density at radius 1 is 1.55 bits per heavy atom. The molecule has 0 spiro atoms. The molecule has 0 N–H and O–H groups in total. The molecule has 0 aromatic rings. The van der Waals surface area contributed by atoms with Gasteiger partial charge in [-0.1, -0.05) is 0 Å². The first-order chi connectivity index (χ1) is 5.22. The Morgan fingerprint density at radius 3 is 2.55 bits per heavy atom. The third kappa shape index (κ3) is 5.09. The van der Waals surface area contributed by atoms with Crippen molar-refractivity contribution in [2.75, 3.05) is 0 Å². The minimum absolute atomic E-state index is 1.09. The van der Waals surface area contributed by atoms with Gasteiger partial charge in [-0.05, 0) is 0 Å². The van der Waals surface area contributed by atoms with Gasteiger partial charge in [0.25, 0.3) is 0 Å². The van der Waals surface area contributed by atoms with Gasteiger partial charge in [0.1, 0.15) is 0 Å².